The first-order valence-corrected chi connectivity index (χ1v) is 6.10. The van der Waals surface area contributed by atoms with E-state index in [0.29, 0.717) is 10.7 Å². The van der Waals surface area contributed by atoms with Gasteiger partial charge in [-0.25, -0.2) is 9.37 Å². The Labute approximate surface area is 114 Å². The van der Waals surface area contributed by atoms with Gasteiger partial charge in [0.1, 0.15) is 12.3 Å². The van der Waals surface area contributed by atoms with Gasteiger partial charge < -0.3 is 9.14 Å². The molecule has 96 valence electrons. The summed E-state index contributed by atoms with van der Waals surface area (Å²) in [7, 11) is 0. The smallest absolute Gasteiger partial charge is 0.165 e. The third-order valence-electron chi connectivity index (χ3n) is 2.68. The number of aromatic nitrogens is 2. The van der Waals surface area contributed by atoms with Crippen LogP contribution in [0, 0.1) is 5.82 Å². The molecule has 3 nitrogen and oxygen atoms in total. The van der Waals surface area contributed by atoms with Crippen LogP contribution in [0.3, 0.4) is 0 Å². The van der Waals surface area contributed by atoms with E-state index in [9.17, 15) is 4.39 Å². The Balaban J connectivity index is 1.80. The van der Waals surface area contributed by atoms with Crippen LogP contribution in [0.2, 0.25) is 5.02 Å². The minimum absolute atomic E-state index is 0.209. The molecule has 0 aliphatic heterocycles. The van der Waals surface area contributed by atoms with Crippen molar-refractivity contribution in [3.05, 3.63) is 65.3 Å². The Morgan fingerprint density at radius 1 is 1.26 bits per heavy atom. The second-order valence-electron chi connectivity index (χ2n) is 4.06. The predicted molar refractivity (Wildman–Crippen MR) is 70.9 cm³/mol. The molecule has 0 N–H and O–H groups in total. The fourth-order valence-corrected chi connectivity index (χ4v) is 1.95. The molecule has 0 saturated heterocycles. The molecule has 2 aromatic heterocycles. The highest BCUT2D eigenvalue weighted by molar-refractivity contribution is 6.30. The van der Waals surface area contributed by atoms with Gasteiger partial charge in [-0.1, -0.05) is 23.7 Å². The number of hydrogen-bond donors (Lipinski definition) is 0. The van der Waals surface area contributed by atoms with Crippen molar-refractivity contribution in [1.82, 2.24) is 9.38 Å². The monoisotopic (exact) mass is 276 g/mol. The second kappa shape index (κ2) is 4.90. The van der Waals surface area contributed by atoms with Gasteiger partial charge in [0, 0.05) is 17.4 Å². The first kappa shape index (κ1) is 12.0. The number of fused-ring (bicyclic) bond motifs is 1. The van der Waals surface area contributed by atoms with Gasteiger partial charge in [-0.2, -0.15) is 0 Å². The molecule has 0 bridgehead atoms. The lowest BCUT2D eigenvalue weighted by molar-refractivity contribution is 0.286. The van der Waals surface area contributed by atoms with E-state index in [1.165, 1.54) is 6.07 Å². The molecule has 0 atom stereocenters. The summed E-state index contributed by atoms with van der Waals surface area (Å²) in [5, 5.41) is 0.625. The number of pyridine rings is 1. The van der Waals surface area contributed by atoms with Crippen LogP contribution in [0.25, 0.3) is 5.65 Å². The van der Waals surface area contributed by atoms with E-state index in [2.05, 4.69) is 4.98 Å². The fourth-order valence-electron chi connectivity index (χ4n) is 1.79. The first-order valence-electron chi connectivity index (χ1n) is 5.73. The Bertz CT molecular complexity index is 726. The molecule has 3 rings (SSSR count). The van der Waals surface area contributed by atoms with Gasteiger partial charge in [-0.05, 0) is 24.3 Å². The summed E-state index contributed by atoms with van der Waals surface area (Å²) in [6.45, 7) is 0.209. The van der Waals surface area contributed by atoms with Crippen molar-refractivity contribution in [2.75, 3.05) is 0 Å². The molecule has 19 heavy (non-hydrogen) atoms. The molecule has 0 spiro atoms. The molecule has 0 aliphatic rings. The van der Waals surface area contributed by atoms with Crippen molar-refractivity contribution in [1.29, 1.82) is 0 Å². The fraction of sp³-hybridized carbons (Fsp3) is 0.0714. The summed E-state index contributed by atoms with van der Waals surface area (Å²) >= 11 is 5.89. The zero-order valence-electron chi connectivity index (χ0n) is 9.88. The summed E-state index contributed by atoms with van der Waals surface area (Å²) in [6.07, 6.45) is 3.64. The Morgan fingerprint density at radius 3 is 2.95 bits per heavy atom. The number of para-hydroxylation sites is 1. The van der Waals surface area contributed by atoms with Crippen LogP contribution < -0.4 is 4.74 Å². The lowest BCUT2D eigenvalue weighted by Crippen LogP contribution is -1.97. The van der Waals surface area contributed by atoms with Crippen molar-refractivity contribution in [2.24, 2.45) is 0 Å². The van der Waals surface area contributed by atoms with Gasteiger partial charge in [0.05, 0.1) is 5.69 Å². The molecule has 1 aromatic carbocycles. The van der Waals surface area contributed by atoms with Crippen molar-refractivity contribution in [3.63, 3.8) is 0 Å². The summed E-state index contributed by atoms with van der Waals surface area (Å²) in [4.78, 5) is 4.35. The Kier molecular flexibility index (Phi) is 3.09. The molecular formula is C14H10ClFN2O. The summed E-state index contributed by atoms with van der Waals surface area (Å²) in [6, 6.07) is 9.82. The van der Waals surface area contributed by atoms with Gasteiger partial charge in [-0.3, -0.25) is 0 Å². The van der Waals surface area contributed by atoms with Gasteiger partial charge in [0.15, 0.2) is 11.6 Å². The summed E-state index contributed by atoms with van der Waals surface area (Å²) in [5.41, 5.74) is 1.45. The minimum Gasteiger partial charge on any atom is -0.484 e. The minimum atomic E-state index is -0.380. The van der Waals surface area contributed by atoms with Crippen molar-refractivity contribution >= 4 is 17.2 Å². The number of ether oxygens (including phenoxy) is 1. The molecule has 2 heterocycles. The number of benzene rings is 1. The van der Waals surface area contributed by atoms with E-state index in [-0.39, 0.29) is 18.2 Å². The lowest BCUT2D eigenvalue weighted by Gasteiger charge is -2.04. The Morgan fingerprint density at radius 2 is 2.11 bits per heavy atom. The zero-order valence-corrected chi connectivity index (χ0v) is 10.6. The molecule has 0 radical (unpaired) electrons. The molecule has 0 amide bonds. The van der Waals surface area contributed by atoms with Gasteiger partial charge >= 0.3 is 0 Å². The maximum atomic E-state index is 13.4. The largest absolute Gasteiger partial charge is 0.484 e. The van der Waals surface area contributed by atoms with Crippen LogP contribution in [-0.2, 0) is 6.61 Å². The lowest BCUT2D eigenvalue weighted by atomic mass is 10.3. The van der Waals surface area contributed by atoms with Crippen molar-refractivity contribution in [3.8, 4) is 5.75 Å². The van der Waals surface area contributed by atoms with Crippen LogP contribution in [0.1, 0.15) is 5.69 Å². The summed E-state index contributed by atoms with van der Waals surface area (Å²) in [5.74, 6) is -0.160. The van der Waals surface area contributed by atoms with E-state index in [0.717, 1.165) is 5.65 Å². The SMILES string of the molecule is Fc1ccccc1OCc1cn2ccc(Cl)cc2n1. The molecule has 3 aromatic rings. The molecule has 5 heteroatoms. The second-order valence-corrected chi connectivity index (χ2v) is 4.50. The van der Waals surface area contributed by atoms with Crippen molar-refractivity contribution in [2.45, 2.75) is 6.61 Å². The third-order valence-corrected chi connectivity index (χ3v) is 2.92. The van der Waals surface area contributed by atoms with Crippen LogP contribution in [0.4, 0.5) is 4.39 Å². The number of imidazole rings is 1. The first-order chi connectivity index (χ1) is 9.22. The quantitative estimate of drug-likeness (QED) is 0.729. The molecular weight excluding hydrogens is 267 g/mol. The predicted octanol–water partition coefficient (Wildman–Crippen LogP) is 3.71. The molecule has 0 unspecified atom stereocenters. The van der Waals surface area contributed by atoms with E-state index in [1.807, 2.05) is 16.8 Å². The number of hydrogen-bond acceptors (Lipinski definition) is 2. The normalized spacial score (nSPS) is 10.8. The van der Waals surface area contributed by atoms with E-state index in [4.69, 9.17) is 16.3 Å². The van der Waals surface area contributed by atoms with E-state index < -0.39 is 0 Å². The van der Waals surface area contributed by atoms with Crippen LogP contribution in [0.15, 0.2) is 48.8 Å². The highest BCUT2D eigenvalue weighted by atomic mass is 35.5. The topological polar surface area (TPSA) is 26.5 Å². The number of nitrogens with zero attached hydrogens (tertiary/aromatic N) is 2. The molecule has 0 aliphatic carbocycles. The zero-order chi connectivity index (χ0) is 13.2. The average molecular weight is 277 g/mol. The molecule has 0 fully saturated rings. The van der Waals surface area contributed by atoms with Crippen LogP contribution >= 0.6 is 11.6 Å². The van der Waals surface area contributed by atoms with E-state index in [1.54, 1.807) is 30.3 Å². The third kappa shape index (κ3) is 2.53. The van der Waals surface area contributed by atoms with E-state index >= 15 is 0 Å². The van der Waals surface area contributed by atoms with Gasteiger partial charge in [0.25, 0.3) is 0 Å². The van der Waals surface area contributed by atoms with Crippen molar-refractivity contribution < 1.29 is 9.13 Å². The summed E-state index contributed by atoms with van der Waals surface area (Å²) < 4.78 is 20.6. The van der Waals surface area contributed by atoms with Gasteiger partial charge in [0.2, 0.25) is 0 Å². The highest BCUT2D eigenvalue weighted by Gasteiger charge is 2.05. The van der Waals surface area contributed by atoms with Crippen LogP contribution in [-0.4, -0.2) is 9.38 Å². The number of halogens is 2. The molecule has 0 saturated carbocycles. The number of rotatable bonds is 3. The average Bonchev–Trinajstić information content (AvgIpc) is 2.79. The van der Waals surface area contributed by atoms with Gasteiger partial charge in [-0.15, -0.1) is 0 Å². The Hall–Kier alpha value is -2.07. The standard InChI is InChI=1S/C14H10ClFN2O/c15-10-5-6-18-8-11(17-14(18)7-10)9-19-13-4-2-1-3-12(13)16/h1-8H,9H2. The highest BCUT2D eigenvalue weighted by Crippen LogP contribution is 2.18. The maximum Gasteiger partial charge on any atom is 0.165 e. The van der Waals surface area contributed by atoms with Crippen LogP contribution in [0.5, 0.6) is 5.75 Å². The maximum absolute atomic E-state index is 13.4.